The lowest BCUT2D eigenvalue weighted by Crippen LogP contribution is -2.24. The van der Waals surface area contributed by atoms with Gasteiger partial charge in [0.25, 0.3) is 0 Å². The quantitative estimate of drug-likeness (QED) is 0.652. The van der Waals surface area contributed by atoms with Crippen molar-refractivity contribution in [2.75, 3.05) is 0 Å². The molecule has 3 N–H and O–H groups in total. The molecule has 0 spiro atoms. The highest BCUT2D eigenvalue weighted by atomic mass is 16.2. The SMILES string of the molecule is Cc1cccc(-n2c(C)cc(/C=N/NC(N)=O)c2C)c1. The van der Waals surface area contributed by atoms with Crippen molar-refractivity contribution in [1.29, 1.82) is 0 Å². The number of hydrazone groups is 1. The zero-order chi connectivity index (χ0) is 14.7. The predicted octanol–water partition coefficient (Wildman–Crippen LogP) is 2.40. The van der Waals surface area contributed by atoms with Crippen molar-refractivity contribution in [3.8, 4) is 5.69 Å². The van der Waals surface area contributed by atoms with Gasteiger partial charge in [-0.2, -0.15) is 5.10 Å². The smallest absolute Gasteiger partial charge is 0.332 e. The number of hydrogen-bond acceptors (Lipinski definition) is 2. The van der Waals surface area contributed by atoms with Crippen molar-refractivity contribution < 1.29 is 4.79 Å². The summed E-state index contributed by atoms with van der Waals surface area (Å²) in [6.07, 6.45) is 1.60. The van der Waals surface area contributed by atoms with Crippen molar-refractivity contribution in [1.82, 2.24) is 9.99 Å². The van der Waals surface area contributed by atoms with Crippen molar-refractivity contribution in [3.63, 3.8) is 0 Å². The van der Waals surface area contributed by atoms with E-state index in [1.807, 2.05) is 26.0 Å². The Balaban J connectivity index is 2.39. The Morgan fingerprint density at radius 1 is 1.30 bits per heavy atom. The Kier molecular flexibility index (Phi) is 3.89. The number of amides is 2. The molecule has 0 atom stereocenters. The van der Waals surface area contributed by atoms with Gasteiger partial charge in [0.15, 0.2) is 0 Å². The van der Waals surface area contributed by atoms with Crippen LogP contribution in [-0.4, -0.2) is 16.8 Å². The Hall–Kier alpha value is -2.56. The molecule has 0 radical (unpaired) electrons. The summed E-state index contributed by atoms with van der Waals surface area (Å²) < 4.78 is 2.15. The minimum absolute atomic E-state index is 0.672. The molecule has 104 valence electrons. The lowest BCUT2D eigenvalue weighted by molar-refractivity contribution is 0.249. The van der Waals surface area contributed by atoms with Gasteiger partial charge in [-0.15, -0.1) is 0 Å². The van der Waals surface area contributed by atoms with Gasteiger partial charge in [-0.1, -0.05) is 12.1 Å². The van der Waals surface area contributed by atoms with E-state index < -0.39 is 6.03 Å². The van der Waals surface area contributed by atoms with Crippen LogP contribution in [0.1, 0.15) is 22.5 Å². The monoisotopic (exact) mass is 270 g/mol. The molecular weight excluding hydrogens is 252 g/mol. The second-order valence-corrected chi connectivity index (χ2v) is 4.74. The molecule has 0 fully saturated rings. The summed E-state index contributed by atoms with van der Waals surface area (Å²) in [6.45, 7) is 6.12. The van der Waals surface area contributed by atoms with Crippen molar-refractivity contribution in [2.45, 2.75) is 20.8 Å². The number of nitrogens with one attached hydrogen (secondary N) is 1. The predicted molar refractivity (Wildman–Crippen MR) is 80.3 cm³/mol. The number of nitrogens with two attached hydrogens (primary N) is 1. The Bertz CT molecular complexity index is 671. The third kappa shape index (κ3) is 2.88. The molecular formula is C15H18N4O. The third-order valence-electron chi connectivity index (χ3n) is 3.11. The minimum atomic E-state index is -0.672. The largest absolute Gasteiger partial charge is 0.350 e. The maximum atomic E-state index is 10.6. The van der Waals surface area contributed by atoms with Gasteiger partial charge in [0.1, 0.15) is 0 Å². The molecule has 1 aromatic heterocycles. The van der Waals surface area contributed by atoms with Crippen LogP contribution in [0.15, 0.2) is 35.4 Å². The van der Waals surface area contributed by atoms with Crippen LogP contribution < -0.4 is 11.2 Å². The number of urea groups is 1. The third-order valence-corrected chi connectivity index (χ3v) is 3.11. The van der Waals surface area contributed by atoms with E-state index in [0.29, 0.717) is 0 Å². The average molecular weight is 270 g/mol. The first-order valence-electron chi connectivity index (χ1n) is 6.33. The molecule has 0 aliphatic carbocycles. The number of aromatic nitrogens is 1. The van der Waals surface area contributed by atoms with Crippen LogP contribution in [0.3, 0.4) is 0 Å². The number of nitrogens with zero attached hydrogens (tertiary/aromatic N) is 2. The first-order valence-corrected chi connectivity index (χ1v) is 6.33. The summed E-state index contributed by atoms with van der Waals surface area (Å²) in [6, 6.07) is 9.64. The van der Waals surface area contributed by atoms with Crippen LogP contribution in [0.5, 0.6) is 0 Å². The molecule has 5 nitrogen and oxygen atoms in total. The second kappa shape index (κ2) is 5.61. The van der Waals surface area contributed by atoms with E-state index in [4.69, 9.17) is 5.73 Å². The summed E-state index contributed by atoms with van der Waals surface area (Å²) >= 11 is 0. The second-order valence-electron chi connectivity index (χ2n) is 4.74. The molecule has 0 saturated carbocycles. The Labute approximate surface area is 118 Å². The highest BCUT2D eigenvalue weighted by Gasteiger charge is 2.09. The van der Waals surface area contributed by atoms with Gasteiger partial charge in [0, 0.05) is 22.6 Å². The molecule has 0 aliphatic rings. The Morgan fingerprint density at radius 3 is 2.70 bits per heavy atom. The number of hydrogen-bond donors (Lipinski definition) is 2. The van der Waals surface area contributed by atoms with Crippen LogP contribution in [0, 0.1) is 20.8 Å². The van der Waals surface area contributed by atoms with Gasteiger partial charge in [0.05, 0.1) is 6.21 Å². The van der Waals surface area contributed by atoms with Crippen molar-refractivity contribution in [3.05, 3.63) is 52.8 Å². The fourth-order valence-electron chi connectivity index (χ4n) is 2.25. The summed E-state index contributed by atoms with van der Waals surface area (Å²) in [5.74, 6) is 0. The number of primary amides is 1. The van der Waals surface area contributed by atoms with Gasteiger partial charge in [-0.3, -0.25) is 0 Å². The van der Waals surface area contributed by atoms with Crippen LogP contribution in [-0.2, 0) is 0 Å². The number of carbonyl (C=O) groups excluding carboxylic acids is 1. The van der Waals surface area contributed by atoms with Gasteiger partial charge in [0.2, 0.25) is 0 Å². The highest BCUT2D eigenvalue weighted by molar-refractivity contribution is 5.83. The lowest BCUT2D eigenvalue weighted by Gasteiger charge is -2.10. The molecule has 0 bridgehead atoms. The van der Waals surface area contributed by atoms with E-state index in [1.54, 1.807) is 6.21 Å². The fraction of sp³-hybridized carbons (Fsp3) is 0.200. The number of aryl methyl sites for hydroxylation is 2. The zero-order valence-electron chi connectivity index (χ0n) is 11.8. The first-order chi connectivity index (χ1) is 9.49. The number of carbonyl (C=O) groups is 1. The molecule has 0 unspecified atom stereocenters. The summed E-state index contributed by atoms with van der Waals surface area (Å²) in [5, 5.41) is 3.80. The van der Waals surface area contributed by atoms with E-state index in [2.05, 4.69) is 40.2 Å². The number of rotatable bonds is 3. The summed E-state index contributed by atoms with van der Waals surface area (Å²) in [7, 11) is 0. The molecule has 1 aromatic carbocycles. The van der Waals surface area contributed by atoms with E-state index in [0.717, 1.165) is 22.6 Å². The molecule has 5 heteroatoms. The standard InChI is InChI=1S/C15H18N4O/c1-10-5-4-6-14(7-10)19-11(2)8-13(12(19)3)9-17-18-15(16)20/h4-9H,1-3H3,(H3,16,18,20)/b17-9+. The fourth-order valence-corrected chi connectivity index (χ4v) is 2.25. The van der Waals surface area contributed by atoms with Crippen molar-refractivity contribution in [2.24, 2.45) is 10.8 Å². The Morgan fingerprint density at radius 2 is 2.05 bits per heavy atom. The van der Waals surface area contributed by atoms with Crippen LogP contribution >= 0.6 is 0 Å². The van der Waals surface area contributed by atoms with Crippen LogP contribution in [0.4, 0.5) is 4.79 Å². The maximum absolute atomic E-state index is 10.6. The van der Waals surface area contributed by atoms with Crippen LogP contribution in [0.2, 0.25) is 0 Å². The van der Waals surface area contributed by atoms with E-state index in [9.17, 15) is 4.79 Å². The van der Waals surface area contributed by atoms with Gasteiger partial charge in [-0.05, 0) is 44.5 Å². The van der Waals surface area contributed by atoms with Gasteiger partial charge >= 0.3 is 6.03 Å². The molecule has 0 saturated heterocycles. The number of benzene rings is 1. The minimum Gasteiger partial charge on any atom is -0.350 e. The maximum Gasteiger partial charge on any atom is 0.332 e. The highest BCUT2D eigenvalue weighted by Crippen LogP contribution is 2.20. The first kappa shape index (κ1) is 13.9. The van der Waals surface area contributed by atoms with Gasteiger partial charge in [-0.25, -0.2) is 10.2 Å². The molecule has 1 heterocycles. The van der Waals surface area contributed by atoms with Crippen molar-refractivity contribution >= 4 is 12.2 Å². The van der Waals surface area contributed by atoms with Crippen LogP contribution in [0.25, 0.3) is 5.69 Å². The summed E-state index contributed by atoms with van der Waals surface area (Å²) in [5.41, 5.74) is 12.6. The van der Waals surface area contributed by atoms with Gasteiger partial charge < -0.3 is 10.3 Å². The van der Waals surface area contributed by atoms with E-state index in [1.165, 1.54) is 5.56 Å². The zero-order valence-corrected chi connectivity index (χ0v) is 11.8. The lowest BCUT2D eigenvalue weighted by atomic mass is 10.2. The normalized spacial score (nSPS) is 10.9. The summed E-state index contributed by atoms with van der Waals surface area (Å²) in [4.78, 5) is 10.6. The molecule has 2 rings (SSSR count). The molecule has 2 amide bonds. The molecule has 2 aromatic rings. The topological polar surface area (TPSA) is 72.4 Å². The average Bonchev–Trinajstić information content (AvgIpc) is 2.64. The molecule has 20 heavy (non-hydrogen) atoms. The van der Waals surface area contributed by atoms with E-state index in [-0.39, 0.29) is 0 Å². The molecule has 0 aliphatic heterocycles. The van der Waals surface area contributed by atoms with E-state index >= 15 is 0 Å².